The Morgan fingerprint density at radius 3 is 2.63 bits per heavy atom. The Bertz CT molecular complexity index is 962. The minimum absolute atomic E-state index is 0.119. The van der Waals surface area contributed by atoms with Crippen molar-refractivity contribution in [1.82, 2.24) is 15.0 Å². The van der Waals surface area contributed by atoms with Crippen molar-refractivity contribution in [3.63, 3.8) is 0 Å². The van der Waals surface area contributed by atoms with Crippen molar-refractivity contribution in [2.24, 2.45) is 11.3 Å². The highest BCUT2D eigenvalue weighted by atomic mass is 32.2. The van der Waals surface area contributed by atoms with Crippen LogP contribution in [0.3, 0.4) is 0 Å². The maximum Gasteiger partial charge on any atom is 0.237 e. The van der Waals surface area contributed by atoms with Crippen molar-refractivity contribution in [2.45, 2.75) is 32.1 Å². The number of amides is 1. The lowest BCUT2D eigenvalue weighted by Gasteiger charge is -2.26. The number of allylic oxidation sites excluding steroid dienone is 4. The molecule has 0 saturated carbocycles. The van der Waals surface area contributed by atoms with Gasteiger partial charge >= 0.3 is 0 Å². The summed E-state index contributed by atoms with van der Waals surface area (Å²) >= 11 is 1.62. The minimum atomic E-state index is -0.451. The number of hydrogen-bond donors (Lipinski definition) is 0. The Morgan fingerprint density at radius 1 is 1.19 bits per heavy atom. The Hall–Kier alpha value is -2.47. The van der Waals surface area contributed by atoms with Crippen LogP contribution in [0.25, 0.3) is 5.57 Å². The molecule has 1 amide bonds. The van der Waals surface area contributed by atoms with Crippen LogP contribution in [0, 0.1) is 18.3 Å². The first-order chi connectivity index (χ1) is 12.9. The van der Waals surface area contributed by atoms with Gasteiger partial charge in [-0.15, -0.1) is 11.8 Å². The smallest absolute Gasteiger partial charge is 0.237 e. The standard InChI is InChI=1S/C21H22N4OS/c1-13-23-9-15(10-24-13)14-5-6-18-19(7-14)25(20(26)21(18,2)3)16-8-17(27-4)12-22-11-16/h5,7-12,18H,6H2,1-4H3. The Morgan fingerprint density at radius 2 is 1.93 bits per heavy atom. The number of aromatic nitrogens is 3. The van der Waals surface area contributed by atoms with Crippen molar-refractivity contribution < 1.29 is 4.79 Å². The summed E-state index contributed by atoms with van der Waals surface area (Å²) in [7, 11) is 0. The zero-order valence-corrected chi connectivity index (χ0v) is 16.7. The van der Waals surface area contributed by atoms with E-state index in [-0.39, 0.29) is 11.8 Å². The summed E-state index contributed by atoms with van der Waals surface area (Å²) < 4.78 is 0. The Labute approximate surface area is 163 Å². The zero-order valence-electron chi connectivity index (χ0n) is 15.9. The molecule has 3 heterocycles. The summed E-state index contributed by atoms with van der Waals surface area (Å²) in [4.78, 5) is 29.1. The van der Waals surface area contributed by atoms with Gasteiger partial charge in [-0.05, 0) is 37.3 Å². The SMILES string of the molecule is CSc1cncc(N2C(=O)C(C)(C)C3CC=C(c4cnc(C)nc4)C=C32)c1. The van der Waals surface area contributed by atoms with Crippen LogP contribution in [0.5, 0.6) is 0 Å². The van der Waals surface area contributed by atoms with Gasteiger partial charge in [-0.3, -0.25) is 14.7 Å². The molecule has 138 valence electrons. The van der Waals surface area contributed by atoms with E-state index in [1.165, 1.54) is 0 Å². The number of thioether (sulfide) groups is 1. The lowest BCUT2D eigenvalue weighted by atomic mass is 9.75. The Kier molecular flexibility index (Phi) is 4.38. The van der Waals surface area contributed by atoms with E-state index >= 15 is 0 Å². The van der Waals surface area contributed by atoms with E-state index in [4.69, 9.17) is 0 Å². The van der Waals surface area contributed by atoms with Crippen molar-refractivity contribution in [3.05, 3.63) is 60.1 Å². The van der Waals surface area contributed by atoms with Crippen LogP contribution in [-0.2, 0) is 4.79 Å². The van der Waals surface area contributed by atoms with Crippen LogP contribution in [0.4, 0.5) is 5.69 Å². The molecule has 27 heavy (non-hydrogen) atoms. The van der Waals surface area contributed by atoms with E-state index < -0.39 is 5.41 Å². The van der Waals surface area contributed by atoms with Crippen molar-refractivity contribution in [1.29, 1.82) is 0 Å². The number of hydrogen-bond acceptors (Lipinski definition) is 5. The highest BCUT2D eigenvalue weighted by molar-refractivity contribution is 7.98. The highest BCUT2D eigenvalue weighted by Gasteiger charge is 2.51. The van der Waals surface area contributed by atoms with Crippen LogP contribution >= 0.6 is 11.8 Å². The molecule has 2 aromatic heterocycles. The van der Waals surface area contributed by atoms with E-state index in [2.05, 4.69) is 27.1 Å². The van der Waals surface area contributed by atoms with E-state index in [1.807, 2.05) is 56.6 Å². The predicted octanol–water partition coefficient (Wildman–Crippen LogP) is 4.26. The normalized spacial score (nSPS) is 21.0. The monoisotopic (exact) mass is 378 g/mol. The topological polar surface area (TPSA) is 59.0 Å². The van der Waals surface area contributed by atoms with E-state index in [0.29, 0.717) is 0 Å². The molecule has 0 radical (unpaired) electrons. The molecule has 0 spiro atoms. The molecule has 4 rings (SSSR count). The van der Waals surface area contributed by atoms with Crippen LogP contribution < -0.4 is 4.90 Å². The summed E-state index contributed by atoms with van der Waals surface area (Å²) in [6.45, 7) is 5.94. The van der Waals surface area contributed by atoms with E-state index in [9.17, 15) is 4.79 Å². The van der Waals surface area contributed by atoms with E-state index in [0.717, 1.165) is 39.7 Å². The molecule has 1 fully saturated rings. The van der Waals surface area contributed by atoms with Crippen molar-refractivity contribution in [2.75, 3.05) is 11.2 Å². The van der Waals surface area contributed by atoms with Crippen LogP contribution in [0.15, 0.2) is 53.6 Å². The molecular weight excluding hydrogens is 356 g/mol. The number of anilines is 1. The zero-order chi connectivity index (χ0) is 19.2. The summed E-state index contributed by atoms with van der Waals surface area (Å²) in [5.74, 6) is 1.02. The highest BCUT2D eigenvalue weighted by Crippen LogP contribution is 2.50. The molecule has 5 nitrogen and oxygen atoms in total. The Balaban J connectivity index is 1.80. The van der Waals surface area contributed by atoms with Gasteiger partial charge in [0.1, 0.15) is 5.82 Å². The fourth-order valence-electron chi connectivity index (χ4n) is 3.77. The third kappa shape index (κ3) is 2.98. The van der Waals surface area contributed by atoms with Gasteiger partial charge in [-0.2, -0.15) is 0 Å². The van der Waals surface area contributed by atoms with Crippen LogP contribution in [0.2, 0.25) is 0 Å². The first-order valence-electron chi connectivity index (χ1n) is 8.96. The lowest BCUT2D eigenvalue weighted by Crippen LogP contribution is -2.31. The second-order valence-electron chi connectivity index (χ2n) is 7.48. The first-order valence-corrected chi connectivity index (χ1v) is 10.2. The molecule has 0 N–H and O–H groups in total. The summed E-state index contributed by atoms with van der Waals surface area (Å²) in [6.07, 6.45) is 14.4. The van der Waals surface area contributed by atoms with Gasteiger partial charge in [0.2, 0.25) is 5.91 Å². The molecule has 1 aliphatic heterocycles. The second-order valence-corrected chi connectivity index (χ2v) is 8.36. The van der Waals surface area contributed by atoms with Gasteiger partial charge in [0.25, 0.3) is 0 Å². The molecule has 2 aliphatic rings. The molecule has 0 aromatic carbocycles. The number of pyridine rings is 1. The third-order valence-electron chi connectivity index (χ3n) is 5.42. The number of carbonyl (C=O) groups excluding carboxylic acids is 1. The quantitative estimate of drug-likeness (QED) is 0.747. The number of aryl methyl sites for hydroxylation is 1. The first kappa shape index (κ1) is 17.9. The van der Waals surface area contributed by atoms with Gasteiger partial charge in [0.15, 0.2) is 0 Å². The lowest BCUT2D eigenvalue weighted by molar-refractivity contribution is -0.125. The van der Waals surface area contributed by atoms with Crippen LogP contribution in [0.1, 0.15) is 31.7 Å². The molecule has 1 aliphatic carbocycles. The largest absolute Gasteiger partial charge is 0.282 e. The summed E-state index contributed by atoms with van der Waals surface area (Å²) in [6, 6.07) is 2.03. The fourth-order valence-corrected chi connectivity index (χ4v) is 4.18. The molecule has 1 saturated heterocycles. The van der Waals surface area contributed by atoms with Gasteiger partial charge in [0.05, 0.1) is 17.3 Å². The number of rotatable bonds is 3. The van der Waals surface area contributed by atoms with Crippen LogP contribution in [-0.4, -0.2) is 27.1 Å². The molecule has 2 aromatic rings. The van der Waals surface area contributed by atoms with Gasteiger partial charge in [-0.25, -0.2) is 9.97 Å². The predicted molar refractivity (Wildman–Crippen MR) is 108 cm³/mol. The third-order valence-corrected chi connectivity index (χ3v) is 6.12. The summed E-state index contributed by atoms with van der Waals surface area (Å²) in [5.41, 5.74) is 3.44. The van der Waals surface area contributed by atoms with Gasteiger partial charge in [0, 0.05) is 40.7 Å². The molecule has 1 atom stereocenters. The maximum absolute atomic E-state index is 13.3. The second kappa shape index (κ2) is 6.60. The average molecular weight is 379 g/mol. The molecule has 6 heteroatoms. The maximum atomic E-state index is 13.3. The van der Waals surface area contributed by atoms with E-state index in [1.54, 1.807) is 18.0 Å². The molecular formula is C21H22N4OS. The van der Waals surface area contributed by atoms with Gasteiger partial charge < -0.3 is 0 Å². The number of nitrogens with zero attached hydrogens (tertiary/aromatic N) is 4. The minimum Gasteiger partial charge on any atom is -0.282 e. The summed E-state index contributed by atoms with van der Waals surface area (Å²) in [5, 5.41) is 0. The molecule has 0 bridgehead atoms. The van der Waals surface area contributed by atoms with Crippen molar-refractivity contribution >= 4 is 28.9 Å². The van der Waals surface area contributed by atoms with Gasteiger partial charge in [-0.1, -0.05) is 19.9 Å². The number of fused-ring (bicyclic) bond motifs is 1. The fraction of sp³-hybridized carbons (Fsp3) is 0.333. The van der Waals surface area contributed by atoms with Crippen molar-refractivity contribution in [3.8, 4) is 0 Å². The average Bonchev–Trinajstić information content (AvgIpc) is 2.88. The number of carbonyl (C=O) groups is 1. The molecule has 1 unspecified atom stereocenters.